The van der Waals surface area contributed by atoms with E-state index in [0.29, 0.717) is 0 Å². The highest BCUT2D eigenvalue weighted by molar-refractivity contribution is 5.21. The second kappa shape index (κ2) is 3.84. The van der Waals surface area contributed by atoms with Gasteiger partial charge in [0.1, 0.15) is 0 Å². The van der Waals surface area contributed by atoms with Crippen LogP contribution in [0.4, 0.5) is 0 Å². The average Bonchev–Trinajstić information content (AvgIpc) is 3.06. The first kappa shape index (κ1) is 9.21. The minimum absolute atomic E-state index is 0.925. The number of allylic oxidation sites excluding steroid dienone is 8. The zero-order valence-corrected chi connectivity index (χ0v) is 9.05. The van der Waals surface area contributed by atoms with Gasteiger partial charge in [-0.25, -0.2) is 0 Å². The molecule has 78 valence electrons. The highest BCUT2D eigenvalue weighted by atomic mass is 14.5. The first-order chi connectivity index (χ1) is 7.45. The lowest BCUT2D eigenvalue weighted by Gasteiger charge is -2.18. The molecule has 0 aromatic rings. The smallest absolute Gasteiger partial charge is 0.0133 e. The third-order valence-corrected chi connectivity index (χ3v) is 4.11. The SMILES string of the molecule is C1=CC2C3C=CC(C3)C2C1.C1=CCC=C1. The lowest BCUT2D eigenvalue weighted by Crippen LogP contribution is -2.12. The van der Waals surface area contributed by atoms with Crippen molar-refractivity contribution in [3.05, 3.63) is 48.6 Å². The quantitative estimate of drug-likeness (QED) is 0.518. The normalized spacial score (nSPS) is 42.1. The van der Waals surface area contributed by atoms with Crippen molar-refractivity contribution < 1.29 is 0 Å². The lowest BCUT2D eigenvalue weighted by atomic mass is 9.86. The van der Waals surface area contributed by atoms with Crippen LogP contribution in [0.5, 0.6) is 0 Å². The first-order valence-electron chi connectivity index (χ1n) is 6.12. The van der Waals surface area contributed by atoms with Crippen LogP contribution < -0.4 is 0 Å². The van der Waals surface area contributed by atoms with E-state index in [-0.39, 0.29) is 0 Å². The van der Waals surface area contributed by atoms with Gasteiger partial charge in [-0.15, -0.1) is 0 Å². The van der Waals surface area contributed by atoms with E-state index in [1.165, 1.54) is 12.8 Å². The number of hydrogen-bond donors (Lipinski definition) is 0. The average molecular weight is 198 g/mol. The largest absolute Gasteiger partial charge is 0.0879 e. The molecule has 0 N–H and O–H groups in total. The Labute approximate surface area is 92.1 Å². The molecular weight excluding hydrogens is 180 g/mol. The minimum Gasteiger partial charge on any atom is -0.0879 e. The van der Waals surface area contributed by atoms with Crippen molar-refractivity contribution >= 4 is 0 Å². The van der Waals surface area contributed by atoms with E-state index in [9.17, 15) is 0 Å². The van der Waals surface area contributed by atoms with Crippen molar-refractivity contribution in [1.82, 2.24) is 0 Å². The Kier molecular flexibility index (Phi) is 2.36. The van der Waals surface area contributed by atoms with Gasteiger partial charge in [-0.3, -0.25) is 0 Å². The minimum atomic E-state index is 0.925. The predicted octanol–water partition coefficient (Wildman–Crippen LogP) is 3.89. The molecule has 4 aliphatic rings. The standard InChI is InChI=1S/C10H12.C5H6/c1-2-9-7-4-5-8(6-7)10(9)3-1;1-2-4-5-3-1/h1-2,4-5,7-10H,3,6H2;1-4H,5H2. The molecule has 15 heavy (non-hydrogen) atoms. The van der Waals surface area contributed by atoms with E-state index in [0.717, 1.165) is 30.1 Å². The molecule has 0 heterocycles. The molecule has 0 nitrogen and oxygen atoms in total. The van der Waals surface area contributed by atoms with Crippen LogP contribution in [-0.4, -0.2) is 0 Å². The van der Waals surface area contributed by atoms with Crippen LogP contribution in [0.15, 0.2) is 48.6 Å². The van der Waals surface area contributed by atoms with Gasteiger partial charge in [0.25, 0.3) is 0 Å². The highest BCUT2D eigenvalue weighted by Gasteiger charge is 2.44. The van der Waals surface area contributed by atoms with E-state index < -0.39 is 0 Å². The van der Waals surface area contributed by atoms with Crippen molar-refractivity contribution in [2.75, 3.05) is 0 Å². The van der Waals surface area contributed by atoms with E-state index in [1.54, 1.807) is 0 Å². The summed E-state index contributed by atoms with van der Waals surface area (Å²) in [5.41, 5.74) is 0. The van der Waals surface area contributed by atoms with Crippen molar-refractivity contribution in [2.45, 2.75) is 19.3 Å². The van der Waals surface area contributed by atoms with E-state index in [2.05, 4.69) is 48.6 Å². The van der Waals surface area contributed by atoms with E-state index in [4.69, 9.17) is 0 Å². The Morgan fingerprint density at radius 3 is 2.27 bits per heavy atom. The lowest BCUT2D eigenvalue weighted by molar-refractivity contribution is 0.398. The van der Waals surface area contributed by atoms with Crippen LogP contribution in [-0.2, 0) is 0 Å². The summed E-state index contributed by atoms with van der Waals surface area (Å²) in [7, 11) is 0. The summed E-state index contributed by atoms with van der Waals surface area (Å²) >= 11 is 0. The third kappa shape index (κ3) is 1.62. The van der Waals surface area contributed by atoms with Gasteiger partial charge in [0.2, 0.25) is 0 Å². The fraction of sp³-hybridized carbons (Fsp3) is 0.467. The maximum atomic E-state index is 2.44. The van der Waals surface area contributed by atoms with Crippen molar-refractivity contribution in [3.8, 4) is 0 Å². The van der Waals surface area contributed by atoms with Crippen molar-refractivity contribution in [3.63, 3.8) is 0 Å². The van der Waals surface area contributed by atoms with Gasteiger partial charge < -0.3 is 0 Å². The van der Waals surface area contributed by atoms with Gasteiger partial charge in [-0.05, 0) is 42.9 Å². The van der Waals surface area contributed by atoms with Crippen LogP contribution in [0.2, 0.25) is 0 Å². The zero-order chi connectivity index (χ0) is 10.1. The molecular formula is C15H18. The van der Waals surface area contributed by atoms with E-state index in [1.807, 2.05) is 0 Å². The summed E-state index contributed by atoms with van der Waals surface area (Å²) in [6, 6.07) is 0. The molecule has 4 rings (SSSR count). The van der Waals surface area contributed by atoms with Crippen LogP contribution in [0.3, 0.4) is 0 Å². The van der Waals surface area contributed by atoms with Gasteiger partial charge >= 0.3 is 0 Å². The highest BCUT2D eigenvalue weighted by Crippen LogP contribution is 2.52. The summed E-state index contributed by atoms with van der Waals surface area (Å²) in [6.45, 7) is 0. The molecule has 0 aliphatic heterocycles. The topological polar surface area (TPSA) is 0 Å². The predicted molar refractivity (Wildman–Crippen MR) is 64.4 cm³/mol. The number of rotatable bonds is 0. The third-order valence-electron chi connectivity index (χ3n) is 4.11. The van der Waals surface area contributed by atoms with Crippen LogP contribution >= 0.6 is 0 Å². The van der Waals surface area contributed by atoms with Gasteiger partial charge in [0, 0.05) is 0 Å². The number of fused-ring (bicyclic) bond motifs is 5. The Hall–Kier alpha value is -1.04. The Balaban J connectivity index is 0.000000123. The maximum absolute atomic E-state index is 2.44. The molecule has 0 saturated heterocycles. The maximum Gasteiger partial charge on any atom is -0.0133 e. The fourth-order valence-corrected chi connectivity index (χ4v) is 3.37. The fourth-order valence-electron chi connectivity index (χ4n) is 3.37. The number of hydrogen-bond acceptors (Lipinski definition) is 0. The molecule has 4 unspecified atom stereocenters. The molecule has 0 aromatic carbocycles. The van der Waals surface area contributed by atoms with Gasteiger partial charge in [-0.2, -0.15) is 0 Å². The molecule has 1 fully saturated rings. The molecule has 1 saturated carbocycles. The molecule has 2 bridgehead atoms. The first-order valence-corrected chi connectivity index (χ1v) is 6.12. The van der Waals surface area contributed by atoms with Crippen LogP contribution in [0.25, 0.3) is 0 Å². The second-order valence-corrected chi connectivity index (χ2v) is 4.95. The Morgan fingerprint density at radius 1 is 0.800 bits per heavy atom. The Morgan fingerprint density at radius 2 is 1.60 bits per heavy atom. The summed E-state index contributed by atoms with van der Waals surface area (Å²) in [6.07, 6.45) is 22.0. The van der Waals surface area contributed by atoms with Crippen LogP contribution in [0.1, 0.15) is 19.3 Å². The summed E-state index contributed by atoms with van der Waals surface area (Å²) in [5, 5.41) is 0. The molecule has 4 aliphatic carbocycles. The van der Waals surface area contributed by atoms with Gasteiger partial charge in [-0.1, -0.05) is 48.6 Å². The molecule has 0 aromatic heterocycles. The summed E-state index contributed by atoms with van der Waals surface area (Å²) < 4.78 is 0. The molecule has 4 atom stereocenters. The van der Waals surface area contributed by atoms with Crippen LogP contribution in [0, 0.1) is 23.7 Å². The second-order valence-electron chi connectivity index (χ2n) is 4.95. The van der Waals surface area contributed by atoms with E-state index >= 15 is 0 Å². The monoisotopic (exact) mass is 198 g/mol. The van der Waals surface area contributed by atoms with Gasteiger partial charge in [0.15, 0.2) is 0 Å². The van der Waals surface area contributed by atoms with Crippen molar-refractivity contribution in [1.29, 1.82) is 0 Å². The summed E-state index contributed by atoms with van der Waals surface area (Å²) in [4.78, 5) is 0. The van der Waals surface area contributed by atoms with Gasteiger partial charge in [0.05, 0.1) is 0 Å². The molecule has 0 heteroatoms. The molecule has 0 radical (unpaired) electrons. The molecule has 0 amide bonds. The zero-order valence-electron chi connectivity index (χ0n) is 9.05. The Bertz CT molecular complexity index is 333. The molecule has 0 spiro atoms. The summed E-state index contributed by atoms with van der Waals surface area (Å²) in [5.74, 6) is 3.82. The van der Waals surface area contributed by atoms with Crippen molar-refractivity contribution in [2.24, 2.45) is 23.7 Å².